The summed E-state index contributed by atoms with van der Waals surface area (Å²) in [5, 5.41) is 10.5. The van der Waals surface area contributed by atoms with Crippen LogP contribution in [0.5, 0.6) is 0 Å². The Hall–Kier alpha value is -0.220. The third-order valence-corrected chi connectivity index (χ3v) is 4.61. The van der Waals surface area contributed by atoms with Gasteiger partial charge in [-0.25, -0.2) is 0 Å². The van der Waals surface area contributed by atoms with Crippen LogP contribution in [0.3, 0.4) is 0 Å². The van der Waals surface area contributed by atoms with Crippen molar-refractivity contribution < 1.29 is 14.6 Å². The van der Waals surface area contributed by atoms with Gasteiger partial charge in [-0.05, 0) is 44.1 Å². The van der Waals surface area contributed by atoms with Crippen molar-refractivity contribution in [2.24, 2.45) is 5.41 Å². The van der Waals surface area contributed by atoms with Gasteiger partial charge in [-0.15, -0.1) is 0 Å². The second kappa shape index (κ2) is 3.98. The number of aliphatic hydroxyl groups is 1. The number of ether oxygens (including phenoxy) is 1. The van der Waals surface area contributed by atoms with Crippen LogP contribution < -0.4 is 0 Å². The first-order chi connectivity index (χ1) is 7.15. The van der Waals surface area contributed by atoms with Gasteiger partial charge in [0.05, 0.1) is 17.6 Å². The van der Waals surface area contributed by atoms with E-state index in [4.69, 9.17) is 4.74 Å². The maximum absolute atomic E-state index is 11.8. The summed E-state index contributed by atoms with van der Waals surface area (Å²) in [5.41, 5.74) is -1.34. The van der Waals surface area contributed by atoms with Crippen LogP contribution in [0.2, 0.25) is 0 Å². The standard InChI is InChI=1S/C11H18O3S/c1-2-14-9(12)10(3-4-10)11(13)5-7-15-8-6-11/h13H,2-8H2,1H3. The Kier molecular flexibility index (Phi) is 2.99. The Balaban J connectivity index is 2.10. The van der Waals surface area contributed by atoms with Crippen molar-refractivity contribution in [3.05, 3.63) is 0 Å². The summed E-state index contributed by atoms with van der Waals surface area (Å²) in [6.07, 6.45) is 3.06. The van der Waals surface area contributed by atoms with Crippen molar-refractivity contribution in [1.82, 2.24) is 0 Å². The van der Waals surface area contributed by atoms with E-state index in [1.54, 1.807) is 0 Å². The molecule has 0 aromatic rings. The molecule has 4 heteroatoms. The van der Waals surface area contributed by atoms with Crippen LogP contribution in [-0.4, -0.2) is 34.8 Å². The van der Waals surface area contributed by atoms with Gasteiger partial charge in [-0.2, -0.15) is 11.8 Å². The fourth-order valence-electron chi connectivity index (χ4n) is 2.44. The molecule has 0 unspecified atom stereocenters. The molecule has 2 aliphatic rings. The molecule has 0 radical (unpaired) electrons. The van der Waals surface area contributed by atoms with E-state index in [9.17, 15) is 9.90 Å². The van der Waals surface area contributed by atoms with Gasteiger partial charge < -0.3 is 9.84 Å². The zero-order valence-corrected chi connectivity index (χ0v) is 9.94. The molecular weight excluding hydrogens is 212 g/mol. The van der Waals surface area contributed by atoms with Crippen molar-refractivity contribution >= 4 is 17.7 Å². The second-order valence-electron chi connectivity index (χ2n) is 4.45. The molecule has 0 amide bonds. The van der Waals surface area contributed by atoms with E-state index in [-0.39, 0.29) is 5.97 Å². The summed E-state index contributed by atoms with van der Waals surface area (Å²) >= 11 is 1.85. The molecule has 0 bridgehead atoms. The predicted octanol–water partition coefficient (Wildman–Crippen LogP) is 1.59. The number of thioether (sulfide) groups is 1. The smallest absolute Gasteiger partial charge is 0.315 e. The van der Waals surface area contributed by atoms with E-state index in [0.29, 0.717) is 6.61 Å². The predicted molar refractivity (Wildman–Crippen MR) is 59.8 cm³/mol. The highest BCUT2D eigenvalue weighted by atomic mass is 32.2. The molecule has 2 rings (SSSR count). The van der Waals surface area contributed by atoms with Crippen LogP contribution in [0.4, 0.5) is 0 Å². The summed E-state index contributed by atoms with van der Waals surface area (Å²) < 4.78 is 5.08. The highest BCUT2D eigenvalue weighted by molar-refractivity contribution is 7.99. The Labute approximate surface area is 94.6 Å². The molecule has 15 heavy (non-hydrogen) atoms. The lowest BCUT2D eigenvalue weighted by atomic mass is 9.79. The number of hydrogen-bond donors (Lipinski definition) is 1. The minimum atomic E-state index is -0.787. The summed E-state index contributed by atoms with van der Waals surface area (Å²) in [6.45, 7) is 2.22. The van der Waals surface area contributed by atoms with Crippen molar-refractivity contribution in [2.75, 3.05) is 18.1 Å². The van der Waals surface area contributed by atoms with Crippen LogP contribution in [0.1, 0.15) is 32.6 Å². The maximum atomic E-state index is 11.8. The second-order valence-corrected chi connectivity index (χ2v) is 5.67. The van der Waals surface area contributed by atoms with Crippen LogP contribution in [0, 0.1) is 5.41 Å². The first-order valence-electron chi connectivity index (χ1n) is 5.62. The van der Waals surface area contributed by atoms with E-state index >= 15 is 0 Å². The van der Waals surface area contributed by atoms with Crippen molar-refractivity contribution in [3.63, 3.8) is 0 Å². The van der Waals surface area contributed by atoms with Crippen LogP contribution >= 0.6 is 11.8 Å². The number of esters is 1. The summed E-state index contributed by atoms with van der Waals surface area (Å²) in [5.74, 6) is 1.73. The fourth-order valence-corrected chi connectivity index (χ4v) is 3.61. The number of hydrogen-bond acceptors (Lipinski definition) is 4. The van der Waals surface area contributed by atoms with E-state index in [1.807, 2.05) is 18.7 Å². The molecule has 1 saturated heterocycles. The first kappa shape index (κ1) is 11.3. The van der Waals surface area contributed by atoms with Gasteiger partial charge in [-0.1, -0.05) is 0 Å². The largest absolute Gasteiger partial charge is 0.465 e. The van der Waals surface area contributed by atoms with Gasteiger partial charge >= 0.3 is 5.97 Å². The summed E-state index contributed by atoms with van der Waals surface area (Å²) in [6, 6.07) is 0. The molecule has 0 aromatic carbocycles. The molecule has 2 fully saturated rings. The third-order valence-electron chi connectivity index (χ3n) is 3.63. The average molecular weight is 230 g/mol. The Morgan fingerprint density at radius 3 is 2.40 bits per heavy atom. The summed E-state index contributed by atoms with van der Waals surface area (Å²) in [4.78, 5) is 11.8. The molecule has 1 aliphatic heterocycles. The number of carbonyl (C=O) groups excluding carboxylic acids is 1. The molecule has 1 heterocycles. The van der Waals surface area contributed by atoms with Gasteiger partial charge in [0.1, 0.15) is 0 Å². The van der Waals surface area contributed by atoms with Gasteiger partial charge in [0, 0.05) is 0 Å². The van der Waals surface area contributed by atoms with Gasteiger partial charge in [-0.3, -0.25) is 4.79 Å². The number of rotatable bonds is 3. The van der Waals surface area contributed by atoms with Crippen molar-refractivity contribution in [2.45, 2.75) is 38.2 Å². The van der Waals surface area contributed by atoms with Crippen molar-refractivity contribution in [3.8, 4) is 0 Å². The lowest BCUT2D eigenvalue weighted by Gasteiger charge is -2.38. The minimum absolute atomic E-state index is 0.181. The molecule has 0 aromatic heterocycles. The Morgan fingerprint density at radius 1 is 1.33 bits per heavy atom. The Morgan fingerprint density at radius 2 is 1.93 bits per heavy atom. The van der Waals surface area contributed by atoms with Crippen molar-refractivity contribution in [1.29, 1.82) is 0 Å². The molecule has 86 valence electrons. The van der Waals surface area contributed by atoms with Gasteiger partial charge in [0.2, 0.25) is 0 Å². The quantitative estimate of drug-likeness (QED) is 0.748. The zero-order chi connectivity index (χ0) is 10.9. The topological polar surface area (TPSA) is 46.5 Å². The van der Waals surface area contributed by atoms with Crippen LogP contribution in [0.15, 0.2) is 0 Å². The average Bonchev–Trinajstić information content (AvgIpc) is 3.00. The Bertz CT molecular complexity index is 255. The minimum Gasteiger partial charge on any atom is -0.465 e. The van der Waals surface area contributed by atoms with E-state index in [0.717, 1.165) is 37.2 Å². The van der Waals surface area contributed by atoms with Gasteiger partial charge in [0.15, 0.2) is 0 Å². The molecule has 1 saturated carbocycles. The molecular formula is C11H18O3S. The lowest BCUT2D eigenvalue weighted by molar-refractivity contribution is -0.163. The lowest BCUT2D eigenvalue weighted by Crippen LogP contribution is -2.47. The van der Waals surface area contributed by atoms with Crippen LogP contribution in [0.25, 0.3) is 0 Å². The SMILES string of the molecule is CCOC(=O)C1(C2(O)CCSCC2)CC1. The fraction of sp³-hybridized carbons (Fsp3) is 0.909. The van der Waals surface area contributed by atoms with E-state index in [2.05, 4.69) is 0 Å². The zero-order valence-electron chi connectivity index (χ0n) is 9.12. The van der Waals surface area contributed by atoms with Gasteiger partial charge in [0.25, 0.3) is 0 Å². The van der Waals surface area contributed by atoms with E-state index < -0.39 is 11.0 Å². The highest BCUT2D eigenvalue weighted by Gasteiger charge is 2.64. The first-order valence-corrected chi connectivity index (χ1v) is 6.77. The van der Waals surface area contributed by atoms with E-state index in [1.165, 1.54) is 0 Å². The van der Waals surface area contributed by atoms with Crippen LogP contribution in [-0.2, 0) is 9.53 Å². The maximum Gasteiger partial charge on any atom is 0.315 e. The molecule has 0 spiro atoms. The normalized spacial score (nSPS) is 27.1. The third kappa shape index (κ3) is 1.78. The molecule has 0 atom stereocenters. The number of carbonyl (C=O) groups is 1. The molecule has 1 aliphatic carbocycles. The molecule has 1 N–H and O–H groups in total. The molecule has 3 nitrogen and oxygen atoms in total. The summed E-state index contributed by atoms with van der Waals surface area (Å²) in [7, 11) is 0. The highest BCUT2D eigenvalue weighted by Crippen LogP contribution is 2.59. The monoisotopic (exact) mass is 230 g/mol.